The highest BCUT2D eigenvalue weighted by atomic mass is 16.5. The first-order valence-corrected chi connectivity index (χ1v) is 5.06. The van der Waals surface area contributed by atoms with Gasteiger partial charge in [-0.1, -0.05) is 18.2 Å². The molecule has 3 heteroatoms. The van der Waals surface area contributed by atoms with E-state index in [1.165, 1.54) is 0 Å². The van der Waals surface area contributed by atoms with E-state index < -0.39 is 0 Å². The highest BCUT2D eigenvalue weighted by molar-refractivity contribution is 5.92. The number of rotatable bonds is 0. The average molecular weight is 200 g/mol. The summed E-state index contributed by atoms with van der Waals surface area (Å²) in [5, 5.41) is 1.02. The van der Waals surface area contributed by atoms with Crippen LogP contribution in [-0.4, -0.2) is 4.98 Å². The number of benzene rings is 1. The Bertz CT molecular complexity index is 536. The first-order valence-electron chi connectivity index (χ1n) is 5.06. The number of fused-ring (bicyclic) bond motifs is 2. The summed E-state index contributed by atoms with van der Waals surface area (Å²) in [7, 11) is 0. The summed E-state index contributed by atoms with van der Waals surface area (Å²) in [5.74, 6) is 0. The number of hydrogen-bond donors (Lipinski definition) is 1. The SMILES string of the molecule is C[C@H]1OCc2c1nc1ccccc1c2N. The van der Waals surface area contributed by atoms with E-state index in [0.717, 1.165) is 27.8 Å². The molecule has 0 spiro atoms. The normalized spacial score (nSPS) is 19.4. The van der Waals surface area contributed by atoms with Crippen molar-refractivity contribution in [1.29, 1.82) is 0 Å². The van der Waals surface area contributed by atoms with Crippen molar-refractivity contribution in [2.24, 2.45) is 0 Å². The van der Waals surface area contributed by atoms with Gasteiger partial charge in [-0.15, -0.1) is 0 Å². The number of hydrogen-bond acceptors (Lipinski definition) is 3. The fraction of sp³-hybridized carbons (Fsp3) is 0.250. The second kappa shape index (κ2) is 2.94. The first-order chi connectivity index (χ1) is 7.27. The Morgan fingerprint density at radius 3 is 3.07 bits per heavy atom. The Kier molecular flexibility index (Phi) is 1.70. The second-order valence-corrected chi connectivity index (χ2v) is 3.86. The fourth-order valence-corrected chi connectivity index (χ4v) is 2.07. The lowest BCUT2D eigenvalue weighted by molar-refractivity contribution is 0.0781. The van der Waals surface area contributed by atoms with Crippen molar-refractivity contribution in [2.75, 3.05) is 5.73 Å². The predicted octanol–water partition coefficient (Wildman–Crippen LogP) is 2.41. The van der Waals surface area contributed by atoms with Gasteiger partial charge in [-0.25, -0.2) is 4.98 Å². The van der Waals surface area contributed by atoms with E-state index in [1.54, 1.807) is 0 Å². The molecule has 0 fully saturated rings. The summed E-state index contributed by atoms with van der Waals surface area (Å²) in [5.41, 5.74) is 9.93. The van der Waals surface area contributed by atoms with Gasteiger partial charge in [-0.3, -0.25) is 0 Å². The van der Waals surface area contributed by atoms with E-state index in [9.17, 15) is 0 Å². The van der Waals surface area contributed by atoms with Crippen molar-refractivity contribution in [2.45, 2.75) is 19.6 Å². The minimum Gasteiger partial charge on any atom is -0.398 e. The summed E-state index contributed by atoms with van der Waals surface area (Å²) in [6, 6.07) is 7.94. The van der Waals surface area contributed by atoms with Crippen LogP contribution < -0.4 is 5.73 Å². The molecule has 0 aliphatic carbocycles. The highest BCUT2D eigenvalue weighted by Gasteiger charge is 2.24. The Labute approximate surface area is 87.9 Å². The van der Waals surface area contributed by atoms with Gasteiger partial charge in [0.2, 0.25) is 0 Å². The van der Waals surface area contributed by atoms with Crippen molar-refractivity contribution < 1.29 is 4.74 Å². The monoisotopic (exact) mass is 200 g/mol. The standard InChI is InChI=1S/C12H12N2O/c1-7-12-9(6-15-7)11(13)8-4-2-3-5-10(8)14-12/h2-5,7H,6H2,1H3,(H2,13,14)/t7-/m1/s1. The number of para-hydroxylation sites is 1. The molecule has 0 radical (unpaired) electrons. The molecule has 0 bridgehead atoms. The van der Waals surface area contributed by atoms with Crippen LogP contribution in [0.3, 0.4) is 0 Å². The lowest BCUT2D eigenvalue weighted by Crippen LogP contribution is -1.99. The summed E-state index contributed by atoms with van der Waals surface area (Å²) in [6.07, 6.45) is 0.0620. The molecule has 0 saturated heterocycles. The molecule has 1 aliphatic heterocycles. The van der Waals surface area contributed by atoms with Crippen LogP contribution >= 0.6 is 0 Å². The number of aromatic nitrogens is 1. The van der Waals surface area contributed by atoms with Crippen molar-refractivity contribution in [1.82, 2.24) is 4.98 Å². The Hall–Kier alpha value is -1.61. The van der Waals surface area contributed by atoms with Gasteiger partial charge in [-0.2, -0.15) is 0 Å². The van der Waals surface area contributed by atoms with Crippen LogP contribution in [0.4, 0.5) is 5.69 Å². The molecule has 2 heterocycles. The third-order valence-corrected chi connectivity index (χ3v) is 2.93. The summed E-state index contributed by atoms with van der Waals surface area (Å²) in [4.78, 5) is 4.59. The van der Waals surface area contributed by atoms with Crippen molar-refractivity contribution in [3.8, 4) is 0 Å². The number of nitrogens with zero attached hydrogens (tertiary/aromatic N) is 1. The molecule has 0 saturated carbocycles. The van der Waals surface area contributed by atoms with Crippen LogP contribution in [0.5, 0.6) is 0 Å². The zero-order chi connectivity index (χ0) is 10.4. The maximum atomic E-state index is 6.11. The molecule has 0 unspecified atom stereocenters. The lowest BCUT2D eigenvalue weighted by Gasteiger charge is -2.07. The molecule has 76 valence electrons. The maximum absolute atomic E-state index is 6.11. The molecule has 2 aromatic rings. The van der Waals surface area contributed by atoms with E-state index in [-0.39, 0.29) is 6.10 Å². The summed E-state index contributed by atoms with van der Waals surface area (Å²) >= 11 is 0. The predicted molar refractivity (Wildman–Crippen MR) is 59.4 cm³/mol. The van der Waals surface area contributed by atoms with Gasteiger partial charge in [0.1, 0.15) is 0 Å². The van der Waals surface area contributed by atoms with Crippen LogP contribution in [0.2, 0.25) is 0 Å². The quantitative estimate of drug-likeness (QED) is 0.710. The minimum atomic E-state index is 0.0620. The Balaban J connectivity index is 2.41. The third kappa shape index (κ3) is 1.13. The molecule has 1 atom stereocenters. The summed E-state index contributed by atoms with van der Waals surface area (Å²) < 4.78 is 5.53. The number of nitrogens with two attached hydrogens (primary N) is 1. The van der Waals surface area contributed by atoms with Crippen molar-refractivity contribution in [3.63, 3.8) is 0 Å². The smallest absolute Gasteiger partial charge is 0.0975 e. The second-order valence-electron chi connectivity index (χ2n) is 3.86. The van der Waals surface area contributed by atoms with Crippen LogP contribution in [-0.2, 0) is 11.3 Å². The molecular weight excluding hydrogens is 188 g/mol. The number of anilines is 1. The van der Waals surface area contributed by atoms with Crippen molar-refractivity contribution in [3.05, 3.63) is 35.5 Å². The van der Waals surface area contributed by atoms with Gasteiger partial charge in [0.25, 0.3) is 0 Å². The zero-order valence-corrected chi connectivity index (χ0v) is 8.53. The first kappa shape index (κ1) is 8.68. The van der Waals surface area contributed by atoms with Crippen molar-refractivity contribution >= 4 is 16.6 Å². The maximum Gasteiger partial charge on any atom is 0.0975 e. The highest BCUT2D eigenvalue weighted by Crippen LogP contribution is 2.35. The van der Waals surface area contributed by atoms with Gasteiger partial charge in [0, 0.05) is 16.6 Å². The van der Waals surface area contributed by atoms with E-state index in [4.69, 9.17) is 10.5 Å². The van der Waals surface area contributed by atoms with Gasteiger partial charge in [-0.05, 0) is 13.0 Å². The molecular formula is C12H12N2O. The van der Waals surface area contributed by atoms with Crippen LogP contribution in [0.25, 0.3) is 10.9 Å². The number of nitrogen functional groups attached to an aromatic ring is 1. The third-order valence-electron chi connectivity index (χ3n) is 2.93. The molecule has 1 aromatic carbocycles. The van der Waals surface area contributed by atoms with E-state index in [1.807, 2.05) is 31.2 Å². The number of ether oxygens (including phenoxy) is 1. The molecule has 0 amide bonds. The topological polar surface area (TPSA) is 48.1 Å². The lowest BCUT2D eigenvalue weighted by atomic mass is 10.1. The van der Waals surface area contributed by atoms with Gasteiger partial charge in [0.15, 0.2) is 0 Å². The molecule has 3 nitrogen and oxygen atoms in total. The molecule has 15 heavy (non-hydrogen) atoms. The van der Waals surface area contributed by atoms with Gasteiger partial charge >= 0.3 is 0 Å². The molecule has 1 aromatic heterocycles. The van der Waals surface area contributed by atoms with E-state index in [2.05, 4.69) is 4.98 Å². The average Bonchev–Trinajstić information content (AvgIpc) is 2.62. The van der Waals surface area contributed by atoms with E-state index >= 15 is 0 Å². The van der Waals surface area contributed by atoms with Crippen LogP contribution in [0, 0.1) is 0 Å². The van der Waals surface area contributed by atoms with Crippen LogP contribution in [0.1, 0.15) is 24.3 Å². The Morgan fingerprint density at radius 1 is 1.40 bits per heavy atom. The van der Waals surface area contributed by atoms with Gasteiger partial charge in [0.05, 0.1) is 23.9 Å². The fourth-order valence-electron chi connectivity index (χ4n) is 2.07. The molecule has 1 aliphatic rings. The van der Waals surface area contributed by atoms with Crippen LogP contribution in [0.15, 0.2) is 24.3 Å². The molecule has 2 N–H and O–H groups in total. The Morgan fingerprint density at radius 2 is 2.20 bits per heavy atom. The van der Waals surface area contributed by atoms with Gasteiger partial charge < -0.3 is 10.5 Å². The minimum absolute atomic E-state index is 0.0620. The largest absolute Gasteiger partial charge is 0.398 e. The summed E-state index contributed by atoms with van der Waals surface area (Å²) in [6.45, 7) is 2.59. The van der Waals surface area contributed by atoms with E-state index in [0.29, 0.717) is 6.61 Å². The zero-order valence-electron chi connectivity index (χ0n) is 8.53. The molecule has 3 rings (SSSR count). The number of pyridine rings is 1.